The Labute approximate surface area is 101 Å². The van der Waals surface area contributed by atoms with Crippen molar-refractivity contribution < 1.29 is 19.4 Å². The summed E-state index contributed by atoms with van der Waals surface area (Å²) in [6.07, 6.45) is -0.432. The topological polar surface area (TPSA) is 70.1 Å². The van der Waals surface area contributed by atoms with Crippen molar-refractivity contribution in [3.63, 3.8) is 0 Å². The maximum atomic E-state index is 11.8. The smallest absolute Gasteiger partial charge is 0.320 e. The van der Waals surface area contributed by atoms with E-state index < -0.39 is 18.1 Å². The van der Waals surface area contributed by atoms with E-state index >= 15 is 0 Å². The zero-order valence-electron chi connectivity index (χ0n) is 10.5. The van der Waals surface area contributed by atoms with Gasteiger partial charge in [-0.15, -0.1) is 0 Å². The number of rotatable bonds is 4. The molecule has 98 valence electrons. The molecule has 1 heterocycles. The van der Waals surface area contributed by atoms with Gasteiger partial charge in [0.05, 0.1) is 0 Å². The van der Waals surface area contributed by atoms with Crippen molar-refractivity contribution in [1.29, 1.82) is 0 Å². The van der Waals surface area contributed by atoms with E-state index in [1.54, 1.807) is 18.7 Å². The minimum atomic E-state index is -0.824. The predicted octanol–water partition coefficient (Wildman–Crippen LogP) is -0.361. The zero-order chi connectivity index (χ0) is 13.0. The summed E-state index contributed by atoms with van der Waals surface area (Å²) >= 11 is 0. The molecule has 0 spiro atoms. The van der Waals surface area contributed by atoms with E-state index in [9.17, 15) is 9.59 Å². The van der Waals surface area contributed by atoms with Gasteiger partial charge < -0.3 is 14.7 Å². The first-order valence-electron chi connectivity index (χ1n) is 5.75. The molecule has 6 heteroatoms. The Morgan fingerprint density at radius 1 is 1.18 bits per heavy atom. The highest BCUT2D eigenvalue weighted by Gasteiger charge is 2.28. The highest BCUT2D eigenvalue weighted by atomic mass is 16.5. The third-order valence-electron chi connectivity index (χ3n) is 3.23. The molecule has 0 radical (unpaired) electrons. The van der Waals surface area contributed by atoms with E-state index in [4.69, 9.17) is 9.84 Å². The fourth-order valence-electron chi connectivity index (χ4n) is 1.84. The summed E-state index contributed by atoms with van der Waals surface area (Å²) in [7, 11) is 1.51. The molecule has 0 aromatic rings. The van der Waals surface area contributed by atoms with E-state index in [2.05, 4.69) is 0 Å². The summed E-state index contributed by atoms with van der Waals surface area (Å²) < 4.78 is 4.98. The molecule has 0 saturated carbocycles. The number of piperazine rings is 1. The third kappa shape index (κ3) is 3.41. The first-order chi connectivity index (χ1) is 7.97. The van der Waals surface area contributed by atoms with Crippen LogP contribution in [0.5, 0.6) is 0 Å². The molecule has 2 atom stereocenters. The van der Waals surface area contributed by atoms with Crippen LogP contribution in [0.1, 0.15) is 13.8 Å². The summed E-state index contributed by atoms with van der Waals surface area (Å²) in [5.74, 6) is -0.856. The molecule has 6 nitrogen and oxygen atoms in total. The number of carbonyl (C=O) groups is 2. The molecular formula is C11H20N2O4. The second-order valence-electron chi connectivity index (χ2n) is 4.25. The Balaban J connectivity index is 2.45. The van der Waals surface area contributed by atoms with Crippen LogP contribution >= 0.6 is 0 Å². The van der Waals surface area contributed by atoms with Gasteiger partial charge in [0.1, 0.15) is 12.1 Å². The standard InChI is InChI=1S/C11H20N2O4/c1-8(11(15)16)12-4-6-13(7-5-12)10(14)9(2)17-3/h8-9H,4-7H2,1-3H3,(H,15,16). The van der Waals surface area contributed by atoms with Crippen molar-refractivity contribution in [2.24, 2.45) is 0 Å². The third-order valence-corrected chi connectivity index (χ3v) is 3.23. The summed E-state index contributed by atoms with van der Waals surface area (Å²) in [5.41, 5.74) is 0. The van der Waals surface area contributed by atoms with Crippen molar-refractivity contribution in [3.8, 4) is 0 Å². The summed E-state index contributed by atoms with van der Waals surface area (Å²) in [6, 6.07) is -0.493. The average molecular weight is 244 g/mol. The first kappa shape index (κ1) is 13.9. The van der Waals surface area contributed by atoms with Crippen LogP contribution in [0.15, 0.2) is 0 Å². The van der Waals surface area contributed by atoms with Crippen LogP contribution in [-0.4, -0.2) is 72.2 Å². The molecule has 17 heavy (non-hydrogen) atoms. The lowest BCUT2D eigenvalue weighted by Crippen LogP contribution is -2.54. The molecule has 1 N–H and O–H groups in total. The highest BCUT2D eigenvalue weighted by Crippen LogP contribution is 2.08. The summed E-state index contributed by atoms with van der Waals surface area (Å²) in [4.78, 5) is 26.2. The molecular weight excluding hydrogens is 224 g/mol. The molecule has 1 aliphatic rings. The molecule has 0 aromatic heterocycles. The fourth-order valence-corrected chi connectivity index (χ4v) is 1.84. The number of carbonyl (C=O) groups excluding carboxylic acids is 1. The number of hydrogen-bond donors (Lipinski definition) is 1. The van der Waals surface area contributed by atoms with Gasteiger partial charge in [-0.3, -0.25) is 14.5 Å². The van der Waals surface area contributed by atoms with Gasteiger partial charge in [0.15, 0.2) is 0 Å². The van der Waals surface area contributed by atoms with Gasteiger partial charge in [-0.05, 0) is 13.8 Å². The molecule has 0 aromatic carbocycles. The number of nitrogens with zero attached hydrogens (tertiary/aromatic N) is 2. The Hall–Kier alpha value is -1.14. The van der Waals surface area contributed by atoms with Crippen LogP contribution in [-0.2, 0) is 14.3 Å². The van der Waals surface area contributed by atoms with Gasteiger partial charge >= 0.3 is 5.97 Å². The molecule has 1 rings (SSSR count). The Bertz CT molecular complexity index is 287. The average Bonchev–Trinajstić information content (AvgIpc) is 2.36. The zero-order valence-corrected chi connectivity index (χ0v) is 10.5. The van der Waals surface area contributed by atoms with Crippen LogP contribution in [0.25, 0.3) is 0 Å². The van der Waals surface area contributed by atoms with Crippen molar-refractivity contribution in [2.45, 2.75) is 26.0 Å². The summed E-state index contributed by atoms with van der Waals surface area (Å²) in [6.45, 7) is 5.69. The van der Waals surface area contributed by atoms with Gasteiger partial charge in [-0.1, -0.05) is 0 Å². The number of amides is 1. The number of hydrogen-bond acceptors (Lipinski definition) is 4. The molecule has 1 amide bonds. The fraction of sp³-hybridized carbons (Fsp3) is 0.818. The number of aliphatic carboxylic acids is 1. The van der Waals surface area contributed by atoms with Crippen LogP contribution in [0.3, 0.4) is 0 Å². The van der Waals surface area contributed by atoms with Gasteiger partial charge in [0, 0.05) is 33.3 Å². The lowest BCUT2D eigenvalue weighted by Gasteiger charge is -2.37. The van der Waals surface area contributed by atoms with E-state index in [0.29, 0.717) is 26.2 Å². The number of ether oxygens (including phenoxy) is 1. The van der Waals surface area contributed by atoms with Crippen LogP contribution in [0.2, 0.25) is 0 Å². The van der Waals surface area contributed by atoms with Crippen molar-refractivity contribution in [2.75, 3.05) is 33.3 Å². The maximum absolute atomic E-state index is 11.8. The SMILES string of the molecule is COC(C)C(=O)N1CCN(C(C)C(=O)O)CC1. The van der Waals surface area contributed by atoms with Crippen LogP contribution in [0.4, 0.5) is 0 Å². The Morgan fingerprint density at radius 2 is 1.71 bits per heavy atom. The molecule has 1 aliphatic heterocycles. The maximum Gasteiger partial charge on any atom is 0.320 e. The van der Waals surface area contributed by atoms with E-state index in [0.717, 1.165) is 0 Å². The normalized spacial score (nSPS) is 21.0. The second-order valence-corrected chi connectivity index (χ2v) is 4.25. The van der Waals surface area contributed by atoms with Crippen molar-refractivity contribution in [1.82, 2.24) is 9.80 Å². The Kier molecular flexibility index (Phi) is 4.89. The minimum Gasteiger partial charge on any atom is -0.480 e. The number of carboxylic acids is 1. The van der Waals surface area contributed by atoms with Crippen LogP contribution < -0.4 is 0 Å². The number of carboxylic acid groups (broad SMARTS) is 1. The minimum absolute atomic E-state index is 0.0323. The Morgan fingerprint density at radius 3 is 2.12 bits per heavy atom. The van der Waals surface area contributed by atoms with Gasteiger partial charge in [0.25, 0.3) is 5.91 Å². The molecule has 2 unspecified atom stereocenters. The highest BCUT2D eigenvalue weighted by molar-refractivity contribution is 5.80. The van der Waals surface area contributed by atoms with Gasteiger partial charge in [-0.2, -0.15) is 0 Å². The van der Waals surface area contributed by atoms with Gasteiger partial charge in [0.2, 0.25) is 0 Å². The van der Waals surface area contributed by atoms with E-state index in [-0.39, 0.29) is 5.91 Å². The van der Waals surface area contributed by atoms with E-state index in [1.165, 1.54) is 7.11 Å². The second kappa shape index (κ2) is 5.97. The molecule has 1 saturated heterocycles. The molecule has 0 aliphatic carbocycles. The monoisotopic (exact) mass is 244 g/mol. The number of methoxy groups -OCH3 is 1. The summed E-state index contributed by atoms with van der Waals surface area (Å²) in [5, 5.41) is 8.89. The quantitative estimate of drug-likeness (QED) is 0.731. The van der Waals surface area contributed by atoms with Crippen LogP contribution in [0, 0.1) is 0 Å². The van der Waals surface area contributed by atoms with E-state index in [1.807, 2.05) is 4.90 Å². The largest absolute Gasteiger partial charge is 0.480 e. The first-order valence-corrected chi connectivity index (χ1v) is 5.75. The van der Waals surface area contributed by atoms with Gasteiger partial charge in [-0.25, -0.2) is 0 Å². The lowest BCUT2D eigenvalue weighted by molar-refractivity contribution is -0.146. The van der Waals surface area contributed by atoms with Crippen molar-refractivity contribution in [3.05, 3.63) is 0 Å². The molecule has 0 bridgehead atoms. The lowest BCUT2D eigenvalue weighted by atomic mass is 10.2. The predicted molar refractivity (Wildman–Crippen MR) is 61.7 cm³/mol. The van der Waals surface area contributed by atoms with Crippen molar-refractivity contribution >= 4 is 11.9 Å². The molecule has 1 fully saturated rings.